The van der Waals surface area contributed by atoms with Crippen LogP contribution in [0.15, 0.2) is 42.9 Å². The van der Waals surface area contributed by atoms with E-state index in [2.05, 4.69) is 20.2 Å². The third kappa shape index (κ3) is 2.50. The summed E-state index contributed by atoms with van der Waals surface area (Å²) in [6.07, 6.45) is 6.16. The standard InChI is InChI=1S/C20H19N5O2/c1-27-19-5-3-2-4-13(19)16-9-17(24-23-16)20(26)25-12-6-7-18(25)14-10-21-11-22-15(14)8-12/h2-5,9-12,18H,6-8H2,1H3,(H,23,24). The predicted octanol–water partition coefficient (Wildman–Crippen LogP) is 2.78. The molecule has 5 rings (SSSR count). The monoisotopic (exact) mass is 361 g/mol. The van der Waals surface area contributed by atoms with Gasteiger partial charge in [-0.15, -0.1) is 0 Å². The first-order chi connectivity index (χ1) is 13.3. The molecule has 0 radical (unpaired) electrons. The lowest BCUT2D eigenvalue weighted by molar-refractivity contribution is 0.0637. The zero-order chi connectivity index (χ0) is 18.4. The van der Waals surface area contributed by atoms with E-state index in [1.165, 1.54) is 0 Å². The first kappa shape index (κ1) is 16.0. The molecule has 3 aromatic rings. The minimum atomic E-state index is -0.0225. The van der Waals surface area contributed by atoms with E-state index in [4.69, 9.17) is 4.74 Å². The predicted molar refractivity (Wildman–Crippen MR) is 98.2 cm³/mol. The number of H-pyrrole nitrogens is 1. The first-order valence-electron chi connectivity index (χ1n) is 9.06. The molecule has 27 heavy (non-hydrogen) atoms. The number of nitrogens with zero attached hydrogens (tertiary/aromatic N) is 4. The van der Waals surface area contributed by atoms with E-state index in [0.717, 1.165) is 41.8 Å². The minimum Gasteiger partial charge on any atom is -0.496 e. The van der Waals surface area contributed by atoms with Crippen LogP contribution in [0.2, 0.25) is 0 Å². The number of carbonyl (C=O) groups excluding carboxylic acids is 1. The van der Waals surface area contributed by atoms with Crippen LogP contribution in [0.3, 0.4) is 0 Å². The maximum Gasteiger partial charge on any atom is 0.272 e. The largest absolute Gasteiger partial charge is 0.496 e. The summed E-state index contributed by atoms with van der Waals surface area (Å²) in [4.78, 5) is 23.8. The zero-order valence-corrected chi connectivity index (χ0v) is 14.9. The molecule has 1 aromatic carbocycles. The van der Waals surface area contributed by atoms with Crippen LogP contribution in [0, 0.1) is 0 Å². The van der Waals surface area contributed by atoms with Gasteiger partial charge in [0, 0.05) is 29.8 Å². The second-order valence-electron chi connectivity index (χ2n) is 6.96. The lowest BCUT2D eigenvalue weighted by Gasteiger charge is -2.35. The molecule has 7 heteroatoms. The van der Waals surface area contributed by atoms with Crippen LogP contribution < -0.4 is 4.74 Å². The highest BCUT2D eigenvalue weighted by Gasteiger charge is 2.43. The normalized spacial score (nSPS) is 20.4. The number of amides is 1. The molecule has 2 aliphatic heterocycles. The summed E-state index contributed by atoms with van der Waals surface area (Å²) >= 11 is 0. The first-order valence-corrected chi connectivity index (χ1v) is 9.06. The lowest BCUT2D eigenvalue weighted by atomic mass is 9.99. The van der Waals surface area contributed by atoms with Crippen molar-refractivity contribution in [3.63, 3.8) is 0 Å². The number of methoxy groups -OCH3 is 1. The quantitative estimate of drug-likeness (QED) is 0.775. The Kier molecular flexibility index (Phi) is 3.67. The molecule has 4 heterocycles. The molecule has 1 amide bonds. The highest BCUT2D eigenvalue weighted by molar-refractivity contribution is 5.94. The van der Waals surface area contributed by atoms with Crippen LogP contribution in [0.25, 0.3) is 11.3 Å². The van der Waals surface area contributed by atoms with Crippen LogP contribution in [0.5, 0.6) is 5.75 Å². The van der Waals surface area contributed by atoms with Crippen molar-refractivity contribution in [1.29, 1.82) is 0 Å². The molecule has 2 unspecified atom stereocenters. The second kappa shape index (κ2) is 6.19. The molecular weight excluding hydrogens is 342 g/mol. The maximum absolute atomic E-state index is 13.3. The van der Waals surface area contributed by atoms with Crippen LogP contribution >= 0.6 is 0 Å². The van der Waals surface area contributed by atoms with E-state index in [-0.39, 0.29) is 18.0 Å². The van der Waals surface area contributed by atoms with Crippen molar-refractivity contribution in [2.75, 3.05) is 7.11 Å². The van der Waals surface area contributed by atoms with Gasteiger partial charge in [0.15, 0.2) is 0 Å². The van der Waals surface area contributed by atoms with E-state index >= 15 is 0 Å². The molecule has 0 saturated carbocycles. The van der Waals surface area contributed by atoms with Crippen molar-refractivity contribution in [1.82, 2.24) is 25.1 Å². The fourth-order valence-corrected chi connectivity index (χ4v) is 4.30. The molecule has 136 valence electrons. The molecule has 1 saturated heterocycles. The molecule has 1 fully saturated rings. The number of hydrogen-bond acceptors (Lipinski definition) is 5. The van der Waals surface area contributed by atoms with Gasteiger partial charge in [-0.3, -0.25) is 9.89 Å². The number of aromatic amines is 1. The molecular formula is C20H19N5O2. The van der Waals surface area contributed by atoms with Gasteiger partial charge in [-0.25, -0.2) is 9.97 Å². The average Bonchev–Trinajstić information content (AvgIpc) is 3.32. The van der Waals surface area contributed by atoms with E-state index in [1.54, 1.807) is 19.5 Å². The van der Waals surface area contributed by atoms with Gasteiger partial charge in [-0.2, -0.15) is 5.10 Å². The summed E-state index contributed by atoms with van der Waals surface area (Å²) in [5.41, 5.74) is 4.19. The lowest BCUT2D eigenvalue weighted by Crippen LogP contribution is -2.42. The Hall–Kier alpha value is -3.22. The van der Waals surface area contributed by atoms with E-state index in [9.17, 15) is 4.79 Å². The molecule has 2 bridgehead atoms. The zero-order valence-electron chi connectivity index (χ0n) is 14.9. The number of carbonyl (C=O) groups is 1. The number of nitrogens with one attached hydrogen (secondary N) is 1. The van der Waals surface area contributed by atoms with E-state index in [0.29, 0.717) is 11.4 Å². The minimum absolute atomic E-state index is 0.0225. The van der Waals surface area contributed by atoms with Crippen molar-refractivity contribution < 1.29 is 9.53 Å². The Morgan fingerprint density at radius 3 is 3.07 bits per heavy atom. The number of fused-ring (bicyclic) bond motifs is 4. The van der Waals surface area contributed by atoms with Gasteiger partial charge in [0.05, 0.1) is 24.5 Å². The van der Waals surface area contributed by atoms with Gasteiger partial charge in [0.25, 0.3) is 5.91 Å². The summed E-state index contributed by atoms with van der Waals surface area (Å²) in [6.45, 7) is 0. The number of benzene rings is 1. The number of rotatable bonds is 3. The molecule has 0 aliphatic carbocycles. The fourth-order valence-electron chi connectivity index (χ4n) is 4.30. The van der Waals surface area contributed by atoms with Crippen molar-refractivity contribution in [3.8, 4) is 17.0 Å². The molecule has 2 aliphatic rings. The van der Waals surface area contributed by atoms with Crippen molar-refractivity contribution in [3.05, 3.63) is 59.8 Å². The Bertz CT molecular complexity index is 1010. The second-order valence-corrected chi connectivity index (χ2v) is 6.96. The Labute approximate surface area is 156 Å². The topological polar surface area (TPSA) is 84.0 Å². The van der Waals surface area contributed by atoms with Gasteiger partial charge in [0.2, 0.25) is 0 Å². The number of para-hydroxylation sites is 1. The number of ether oxygens (including phenoxy) is 1. The molecule has 1 N–H and O–H groups in total. The van der Waals surface area contributed by atoms with Gasteiger partial charge in [-0.05, 0) is 31.0 Å². The fraction of sp³-hybridized carbons (Fsp3) is 0.300. The smallest absolute Gasteiger partial charge is 0.272 e. The van der Waals surface area contributed by atoms with Crippen LogP contribution in [-0.2, 0) is 6.42 Å². The number of hydrogen-bond donors (Lipinski definition) is 1. The molecule has 2 aromatic heterocycles. The van der Waals surface area contributed by atoms with Crippen LogP contribution in [0.1, 0.15) is 40.6 Å². The highest BCUT2D eigenvalue weighted by Crippen LogP contribution is 2.43. The number of aromatic nitrogens is 4. The average molecular weight is 361 g/mol. The Morgan fingerprint density at radius 1 is 1.30 bits per heavy atom. The van der Waals surface area contributed by atoms with E-state index in [1.807, 2.05) is 35.4 Å². The third-order valence-corrected chi connectivity index (χ3v) is 5.54. The third-order valence-electron chi connectivity index (χ3n) is 5.54. The van der Waals surface area contributed by atoms with Crippen molar-refractivity contribution >= 4 is 5.91 Å². The highest BCUT2D eigenvalue weighted by atomic mass is 16.5. The van der Waals surface area contributed by atoms with Gasteiger partial charge in [0.1, 0.15) is 17.8 Å². The Balaban J connectivity index is 1.47. The summed E-state index contributed by atoms with van der Waals surface area (Å²) < 4.78 is 5.41. The maximum atomic E-state index is 13.3. The van der Waals surface area contributed by atoms with Crippen molar-refractivity contribution in [2.24, 2.45) is 0 Å². The van der Waals surface area contributed by atoms with Gasteiger partial charge >= 0.3 is 0 Å². The Morgan fingerprint density at radius 2 is 2.19 bits per heavy atom. The van der Waals surface area contributed by atoms with Gasteiger partial charge < -0.3 is 9.64 Å². The summed E-state index contributed by atoms with van der Waals surface area (Å²) in [7, 11) is 1.63. The van der Waals surface area contributed by atoms with Crippen LogP contribution in [-0.4, -0.2) is 44.1 Å². The SMILES string of the molecule is COc1ccccc1-c1cc(C(=O)N2C3CCC2c2cncnc2C3)[nH]n1. The molecule has 2 atom stereocenters. The summed E-state index contributed by atoms with van der Waals surface area (Å²) in [5, 5.41) is 7.27. The summed E-state index contributed by atoms with van der Waals surface area (Å²) in [6, 6.07) is 9.68. The van der Waals surface area contributed by atoms with Crippen LogP contribution in [0.4, 0.5) is 0 Å². The summed E-state index contributed by atoms with van der Waals surface area (Å²) in [5.74, 6) is 0.706. The molecule has 0 spiro atoms. The van der Waals surface area contributed by atoms with Gasteiger partial charge in [-0.1, -0.05) is 12.1 Å². The van der Waals surface area contributed by atoms with E-state index < -0.39 is 0 Å². The molecule has 7 nitrogen and oxygen atoms in total. The van der Waals surface area contributed by atoms with Crippen molar-refractivity contribution in [2.45, 2.75) is 31.3 Å².